The number of anilines is 1. The van der Waals surface area contributed by atoms with E-state index in [0.29, 0.717) is 12.8 Å². The Balaban J connectivity index is 1.55. The predicted octanol–water partition coefficient (Wildman–Crippen LogP) is 4.97. The highest BCUT2D eigenvalue weighted by Crippen LogP contribution is 2.21. The molecule has 328 valence electrons. The normalized spacial score (nSPS) is 15.4. The molecule has 1 unspecified atom stereocenters. The van der Waals surface area contributed by atoms with E-state index < -0.39 is 82.9 Å². The van der Waals surface area contributed by atoms with Gasteiger partial charge in [-0.05, 0) is 63.0 Å². The second kappa shape index (κ2) is 25.9. The molecule has 2 aromatic rings. The van der Waals surface area contributed by atoms with Gasteiger partial charge >= 0.3 is 18.0 Å². The molecule has 60 heavy (non-hydrogen) atoms. The van der Waals surface area contributed by atoms with E-state index in [1.165, 1.54) is 55.9 Å². The van der Waals surface area contributed by atoms with Gasteiger partial charge in [-0.2, -0.15) is 12.6 Å². The van der Waals surface area contributed by atoms with Gasteiger partial charge in [0.25, 0.3) is 5.69 Å². The number of Topliss-reactive ketones (excluding diaryl/α,β-unsaturated/α-hetero) is 1. The number of benzene rings is 2. The standard InChI is InChI=1S/C42H58N6O11S/c1-28(37(51)33(27-36(49)50)41(55)59-24-13-8-6-4-3-5-7-9-14-25-60)43-38(52)29(2)44-39(53)35-18-15-23-47(35)40(54)34(26-30-16-11-10-12-17-30)46-42(56)45-31-19-21-32(22-20-31)48(57)58/h10-12,16-17,19-22,28-29,33-35,60H,3-9,13-15,18,23-27H2,1-2H3,(H,43,52)(H,44,53)(H,49,50)(H2,45,46,56)/t28-,29-,33?,34-,35-/m0/s1. The van der Waals surface area contributed by atoms with Gasteiger partial charge < -0.3 is 36.0 Å². The fourth-order valence-corrected chi connectivity index (χ4v) is 7.05. The van der Waals surface area contributed by atoms with E-state index in [9.17, 15) is 48.8 Å². The number of likely N-dealkylation sites (tertiary alicyclic amines) is 1. The summed E-state index contributed by atoms with van der Waals surface area (Å²) in [7, 11) is 0. The quantitative estimate of drug-likeness (QED) is 0.0184. The largest absolute Gasteiger partial charge is 0.481 e. The van der Waals surface area contributed by atoms with Crippen LogP contribution in [0, 0.1) is 16.0 Å². The lowest BCUT2D eigenvalue weighted by molar-refractivity contribution is -0.384. The van der Waals surface area contributed by atoms with E-state index >= 15 is 0 Å². The number of ketones is 1. The summed E-state index contributed by atoms with van der Waals surface area (Å²) >= 11 is 4.22. The van der Waals surface area contributed by atoms with Crippen LogP contribution in [0.1, 0.15) is 96.5 Å². The number of esters is 1. The number of rotatable bonds is 26. The molecule has 1 aliphatic rings. The van der Waals surface area contributed by atoms with Crippen LogP contribution < -0.4 is 21.3 Å². The minimum absolute atomic E-state index is 0.0348. The molecule has 18 heteroatoms. The molecule has 2 aromatic carbocycles. The molecule has 1 saturated heterocycles. The molecule has 17 nitrogen and oxygen atoms in total. The molecule has 0 aliphatic carbocycles. The van der Waals surface area contributed by atoms with Gasteiger partial charge in [0.2, 0.25) is 17.7 Å². The van der Waals surface area contributed by atoms with Gasteiger partial charge in [0.1, 0.15) is 24.0 Å². The second-order valence-corrected chi connectivity index (χ2v) is 15.4. The van der Waals surface area contributed by atoms with Crippen molar-refractivity contribution in [3.8, 4) is 0 Å². The van der Waals surface area contributed by atoms with Crippen molar-refractivity contribution in [3.63, 3.8) is 0 Å². The molecule has 0 bridgehead atoms. The van der Waals surface area contributed by atoms with Crippen molar-refractivity contribution in [2.75, 3.05) is 24.2 Å². The summed E-state index contributed by atoms with van der Waals surface area (Å²) in [6.07, 6.45) is 9.16. The maximum absolute atomic E-state index is 14.0. The number of thiol groups is 1. The van der Waals surface area contributed by atoms with Crippen LogP contribution in [0.15, 0.2) is 54.6 Å². The monoisotopic (exact) mass is 854 g/mol. The van der Waals surface area contributed by atoms with Crippen molar-refractivity contribution >= 4 is 65.5 Å². The molecule has 1 heterocycles. The third-order valence-corrected chi connectivity index (χ3v) is 10.5. The van der Waals surface area contributed by atoms with Crippen molar-refractivity contribution < 1.29 is 48.3 Å². The smallest absolute Gasteiger partial charge is 0.319 e. The van der Waals surface area contributed by atoms with Gasteiger partial charge in [-0.25, -0.2) is 4.79 Å². The molecule has 5 N–H and O–H groups in total. The van der Waals surface area contributed by atoms with Crippen molar-refractivity contribution in [1.29, 1.82) is 0 Å². The average Bonchev–Trinajstić information content (AvgIpc) is 3.72. The van der Waals surface area contributed by atoms with Crippen molar-refractivity contribution in [3.05, 3.63) is 70.3 Å². The minimum atomic E-state index is -1.65. The summed E-state index contributed by atoms with van der Waals surface area (Å²) in [5.74, 6) is -5.94. The topological polar surface area (TPSA) is 243 Å². The zero-order valence-electron chi connectivity index (χ0n) is 34.3. The van der Waals surface area contributed by atoms with Crippen LogP contribution in [0.5, 0.6) is 0 Å². The molecule has 0 saturated carbocycles. The van der Waals surface area contributed by atoms with Crippen LogP contribution >= 0.6 is 12.6 Å². The SMILES string of the molecule is C[C@H](NC(=O)[C@@H]1CCCN1C(=O)[C@H](Cc1ccccc1)NC(=O)Nc1ccc([N+](=O)[O-])cc1)C(=O)N[C@@H](C)C(=O)C(CC(=O)O)C(=O)OCCCCCCCCCCCS. The number of hydrogen-bond acceptors (Lipinski definition) is 11. The number of non-ortho nitro benzene ring substituents is 1. The van der Waals surface area contributed by atoms with E-state index in [0.717, 1.165) is 49.8 Å². The highest BCUT2D eigenvalue weighted by molar-refractivity contribution is 7.80. The summed E-state index contributed by atoms with van der Waals surface area (Å²) in [5, 5.41) is 30.7. The number of nitrogens with zero attached hydrogens (tertiary/aromatic N) is 2. The number of aliphatic carboxylic acids is 1. The van der Waals surface area contributed by atoms with Crippen LogP contribution in [-0.2, 0) is 39.9 Å². The number of ether oxygens (including phenoxy) is 1. The Morgan fingerprint density at radius 1 is 0.850 bits per heavy atom. The lowest BCUT2D eigenvalue weighted by Gasteiger charge is -2.29. The number of nitrogens with one attached hydrogen (secondary N) is 4. The van der Waals surface area contributed by atoms with Crippen LogP contribution in [-0.4, -0.2) is 99.5 Å². The Morgan fingerprint density at radius 3 is 2.07 bits per heavy atom. The maximum atomic E-state index is 14.0. The van der Waals surface area contributed by atoms with Crippen molar-refractivity contribution in [2.45, 2.75) is 121 Å². The number of carbonyl (C=O) groups excluding carboxylic acids is 6. The Bertz CT molecular complexity index is 1760. The van der Waals surface area contributed by atoms with E-state index in [1.807, 2.05) is 0 Å². The number of nitro benzene ring substituents is 1. The number of hydrogen-bond donors (Lipinski definition) is 6. The maximum Gasteiger partial charge on any atom is 0.319 e. The number of urea groups is 1. The van der Waals surface area contributed by atoms with Crippen LogP contribution in [0.3, 0.4) is 0 Å². The summed E-state index contributed by atoms with van der Waals surface area (Å²) in [4.78, 5) is 103. The van der Waals surface area contributed by atoms with Crippen molar-refractivity contribution in [1.82, 2.24) is 20.9 Å². The zero-order chi connectivity index (χ0) is 44.0. The second-order valence-electron chi connectivity index (χ2n) is 14.9. The van der Waals surface area contributed by atoms with Gasteiger partial charge in [0, 0.05) is 30.8 Å². The molecule has 0 radical (unpaired) electrons. The molecule has 0 spiro atoms. The van der Waals surface area contributed by atoms with Crippen LogP contribution in [0.4, 0.5) is 16.2 Å². The minimum Gasteiger partial charge on any atom is -0.481 e. The summed E-state index contributed by atoms with van der Waals surface area (Å²) in [6, 6.07) is 8.69. The summed E-state index contributed by atoms with van der Waals surface area (Å²) < 4.78 is 5.27. The molecular weight excluding hydrogens is 797 g/mol. The van der Waals surface area contributed by atoms with Crippen LogP contribution in [0.2, 0.25) is 0 Å². The number of nitro groups is 1. The molecule has 1 aliphatic heterocycles. The first kappa shape index (κ1) is 48.8. The highest BCUT2D eigenvalue weighted by Gasteiger charge is 2.39. The van der Waals surface area contributed by atoms with Gasteiger partial charge in [0.05, 0.1) is 24.0 Å². The number of carboxylic acids is 1. The van der Waals surface area contributed by atoms with Gasteiger partial charge in [-0.15, -0.1) is 0 Å². The Kier molecular flexibility index (Phi) is 21.0. The molecule has 0 aromatic heterocycles. The zero-order valence-corrected chi connectivity index (χ0v) is 35.2. The average molecular weight is 855 g/mol. The Morgan fingerprint density at radius 2 is 1.47 bits per heavy atom. The number of amides is 5. The summed E-state index contributed by atoms with van der Waals surface area (Å²) in [5.41, 5.74) is 0.814. The molecular formula is C42H58N6O11S. The van der Waals surface area contributed by atoms with E-state index in [2.05, 4.69) is 33.9 Å². The Labute approximate surface area is 355 Å². The third-order valence-electron chi connectivity index (χ3n) is 10.2. The van der Waals surface area contributed by atoms with E-state index in [1.54, 1.807) is 30.3 Å². The highest BCUT2D eigenvalue weighted by atomic mass is 32.1. The lowest BCUT2D eigenvalue weighted by atomic mass is 9.95. The summed E-state index contributed by atoms with van der Waals surface area (Å²) in [6.45, 7) is 2.91. The fourth-order valence-electron chi connectivity index (χ4n) is 6.83. The molecule has 5 amide bonds. The molecule has 3 rings (SSSR count). The number of carbonyl (C=O) groups is 7. The number of unbranched alkanes of at least 4 members (excludes halogenated alkanes) is 8. The van der Waals surface area contributed by atoms with Gasteiger partial charge in [-0.3, -0.25) is 38.9 Å². The lowest BCUT2D eigenvalue weighted by Crippen LogP contribution is -2.57. The first-order valence-corrected chi connectivity index (χ1v) is 21.1. The first-order valence-electron chi connectivity index (χ1n) is 20.5. The van der Waals surface area contributed by atoms with Crippen LogP contribution in [0.25, 0.3) is 0 Å². The first-order chi connectivity index (χ1) is 28.7. The van der Waals surface area contributed by atoms with Gasteiger partial charge in [-0.1, -0.05) is 75.3 Å². The van der Waals surface area contributed by atoms with Crippen molar-refractivity contribution in [2.24, 2.45) is 5.92 Å². The number of carboxylic acid groups (broad SMARTS) is 1. The molecule has 1 fully saturated rings. The van der Waals surface area contributed by atoms with E-state index in [-0.39, 0.29) is 37.4 Å². The molecule has 5 atom stereocenters. The van der Waals surface area contributed by atoms with E-state index in [4.69, 9.17) is 4.74 Å². The fraction of sp³-hybridized carbons (Fsp3) is 0.548. The third kappa shape index (κ3) is 16.6. The Hall–Kier alpha value is -5.52. The van der Waals surface area contributed by atoms with Gasteiger partial charge in [0.15, 0.2) is 5.78 Å². The predicted molar refractivity (Wildman–Crippen MR) is 226 cm³/mol.